The zero-order valence-corrected chi connectivity index (χ0v) is 16.6. The third kappa shape index (κ3) is 4.59. The zero-order valence-electron chi connectivity index (χ0n) is 15.7. The number of amides is 1. The average molecular weight is 368 g/mol. The molecule has 7 heteroatoms. The molecule has 1 saturated heterocycles. The van der Waals surface area contributed by atoms with E-state index in [0.29, 0.717) is 25.9 Å². The van der Waals surface area contributed by atoms with Crippen LogP contribution in [0.5, 0.6) is 0 Å². The van der Waals surface area contributed by atoms with Crippen molar-refractivity contribution in [3.05, 3.63) is 34.9 Å². The molecule has 1 heterocycles. The van der Waals surface area contributed by atoms with Gasteiger partial charge in [0.15, 0.2) is 0 Å². The Morgan fingerprint density at radius 3 is 2.36 bits per heavy atom. The second-order valence-corrected chi connectivity index (χ2v) is 9.20. The van der Waals surface area contributed by atoms with Gasteiger partial charge in [0.2, 0.25) is 5.91 Å². The molecule has 25 heavy (non-hydrogen) atoms. The highest BCUT2D eigenvalue weighted by Crippen LogP contribution is 2.23. The fourth-order valence-corrected chi connectivity index (χ4v) is 4.43. The van der Waals surface area contributed by atoms with Crippen molar-refractivity contribution in [3.63, 3.8) is 0 Å². The fraction of sp³-hybridized carbons (Fsp3) is 0.611. The number of piperidine rings is 1. The monoisotopic (exact) mass is 367 g/mol. The molecule has 1 aliphatic heterocycles. The summed E-state index contributed by atoms with van der Waals surface area (Å²) in [7, 11) is -0.335. The first-order valence-electron chi connectivity index (χ1n) is 8.68. The van der Waals surface area contributed by atoms with Crippen molar-refractivity contribution in [3.8, 4) is 0 Å². The van der Waals surface area contributed by atoms with Gasteiger partial charge in [0.1, 0.15) is 0 Å². The molecule has 0 bridgehead atoms. The second-order valence-electron chi connectivity index (χ2n) is 7.05. The predicted molar refractivity (Wildman–Crippen MR) is 99.4 cm³/mol. The van der Waals surface area contributed by atoms with Gasteiger partial charge >= 0.3 is 0 Å². The van der Waals surface area contributed by atoms with Crippen LogP contribution in [0.15, 0.2) is 18.2 Å². The molecule has 0 radical (unpaired) electrons. The van der Waals surface area contributed by atoms with Gasteiger partial charge in [-0.2, -0.15) is 17.0 Å². The maximum atomic E-state index is 12.6. The van der Waals surface area contributed by atoms with E-state index in [1.54, 1.807) is 0 Å². The van der Waals surface area contributed by atoms with Crippen LogP contribution < -0.4 is 5.32 Å². The molecule has 0 saturated carbocycles. The van der Waals surface area contributed by atoms with E-state index in [-0.39, 0.29) is 17.9 Å². The molecule has 0 spiro atoms. The lowest BCUT2D eigenvalue weighted by molar-refractivity contribution is -0.126. The number of rotatable bonds is 5. The van der Waals surface area contributed by atoms with E-state index in [4.69, 9.17) is 0 Å². The van der Waals surface area contributed by atoms with Gasteiger partial charge in [-0.3, -0.25) is 4.79 Å². The first-order valence-corrected chi connectivity index (χ1v) is 10.1. The fourth-order valence-electron chi connectivity index (χ4n) is 3.30. The van der Waals surface area contributed by atoms with Crippen molar-refractivity contribution in [1.29, 1.82) is 0 Å². The Morgan fingerprint density at radius 1 is 1.24 bits per heavy atom. The number of nitrogens with zero attached hydrogens (tertiary/aromatic N) is 2. The van der Waals surface area contributed by atoms with Gasteiger partial charge in [-0.05, 0) is 44.7 Å². The summed E-state index contributed by atoms with van der Waals surface area (Å²) in [6, 6.07) is 6.16. The quantitative estimate of drug-likeness (QED) is 0.865. The first-order chi connectivity index (χ1) is 11.6. The Hall–Kier alpha value is -1.44. The molecular weight excluding hydrogens is 338 g/mol. The third-order valence-corrected chi connectivity index (χ3v) is 6.80. The molecular formula is C18H29N3O3S. The topological polar surface area (TPSA) is 69.7 Å². The molecule has 1 aliphatic rings. The summed E-state index contributed by atoms with van der Waals surface area (Å²) in [6.07, 6.45) is 1.11. The van der Waals surface area contributed by atoms with Crippen LogP contribution in [0.3, 0.4) is 0 Å². The maximum Gasteiger partial charge on any atom is 0.281 e. The molecule has 1 atom stereocenters. The van der Waals surface area contributed by atoms with Gasteiger partial charge in [0.05, 0.1) is 6.04 Å². The number of benzene rings is 1. The van der Waals surface area contributed by atoms with E-state index in [9.17, 15) is 13.2 Å². The minimum atomic E-state index is -3.39. The molecule has 140 valence electrons. The molecule has 1 aromatic carbocycles. The lowest BCUT2D eigenvalue weighted by Crippen LogP contribution is -2.47. The van der Waals surface area contributed by atoms with Crippen LogP contribution in [0, 0.1) is 19.8 Å². The summed E-state index contributed by atoms with van der Waals surface area (Å²) in [5.74, 6) is -0.129. The van der Waals surface area contributed by atoms with Crippen molar-refractivity contribution in [2.75, 3.05) is 27.2 Å². The lowest BCUT2D eigenvalue weighted by Gasteiger charge is -2.32. The first kappa shape index (κ1) is 19.9. The zero-order chi connectivity index (χ0) is 18.8. The minimum absolute atomic E-state index is 0.00868. The van der Waals surface area contributed by atoms with Crippen molar-refractivity contribution >= 4 is 16.1 Å². The normalized spacial score (nSPS) is 18.3. The minimum Gasteiger partial charge on any atom is -0.349 e. The third-order valence-electron chi connectivity index (χ3n) is 4.86. The van der Waals surface area contributed by atoms with Crippen LogP contribution in [-0.4, -0.2) is 50.1 Å². The molecule has 1 unspecified atom stereocenters. The van der Waals surface area contributed by atoms with Gasteiger partial charge in [-0.15, -0.1) is 0 Å². The van der Waals surface area contributed by atoms with Gasteiger partial charge in [0.25, 0.3) is 10.2 Å². The largest absolute Gasteiger partial charge is 0.349 e. The summed E-state index contributed by atoms with van der Waals surface area (Å²) in [5, 5.41) is 3.09. The Bertz CT molecular complexity index is 723. The molecule has 6 nitrogen and oxygen atoms in total. The van der Waals surface area contributed by atoms with E-state index in [1.165, 1.54) is 33.8 Å². The number of nitrogens with one attached hydrogen (secondary N) is 1. The maximum absolute atomic E-state index is 12.6. The van der Waals surface area contributed by atoms with Gasteiger partial charge < -0.3 is 5.32 Å². The molecule has 1 fully saturated rings. The Labute approximate surface area is 151 Å². The molecule has 0 aromatic heterocycles. The van der Waals surface area contributed by atoms with Crippen LogP contribution >= 0.6 is 0 Å². The van der Waals surface area contributed by atoms with Crippen LogP contribution in [0.4, 0.5) is 0 Å². The van der Waals surface area contributed by atoms with E-state index in [2.05, 4.69) is 37.4 Å². The summed E-state index contributed by atoms with van der Waals surface area (Å²) in [6.45, 7) is 6.86. The average Bonchev–Trinajstić information content (AvgIpc) is 2.54. The van der Waals surface area contributed by atoms with E-state index < -0.39 is 10.2 Å². The molecule has 1 aromatic rings. The standard InChI is InChI=1S/C18H29N3O3S/c1-13-6-7-17(14(2)12-13)15(3)19-18(22)16-8-10-21(11-9-16)25(23,24)20(4)5/h6-7,12,15-16H,8-11H2,1-5H3,(H,19,22). The number of hydrogen-bond acceptors (Lipinski definition) is 3. The number of carbonyl (C=O) groups excluding carboxylic acids is 1. The van der Waals surface area contributed by atoms with E-state index >= 15 is 0 Å². The van der Waals surface area contributed by atoms with E-state index in [1.807, 2.05) is 6.92 Å². The molecule has 1 N–H and O–H groups in total. The Kier molecular flexibility index (Phi) is 6.24. The lowest BCUT2D eigenvalue weighted by atomic mass is 9.95. The smallest absolute Gasteiger partial charge is 0.281 e. The van der Waals surface area contributed by atoms with Gasteiger partial charge in [0, 0.05) is 33.1 Å². The molecule has 2 rings (SSSR count). The molecule has 1 amide bonds. The van der Waals surface area contributed by atoms with Crippen molar-refractivity contribution in [2.45, 2.75) is 39.7 Å². The SMILES string of the molecule is Cc1ccc(C(C)NC(=O)C2CCN(S(=O)(=O)N(C)C)CC2)c(C)c1. The van der Waals surface area contributed by atoms with Crippen molar-refractivity contribution in [1.82, 2.24) is 13.9 Å². The highest BCUT2D eigenvalue weighted by atomic mass is 32.2. The van der Waals surface area contributed by atoms with Crippen LogP contribution in [0.25, 0.3) is 0 Å². The highest BCUT2D eigenvalue weighted by Gasteiger charge is 2.32. The van der Waals surface area contributed by atoms with Crippen molar-refractivity contribution in [2.24, 2.45) is 5.92 Å². The van der Waals surface area contributed by atoms with Gasteiger partial charge in [-0.1, -0.05) is 23.8 Å². The highest BCUT2D eigenvalue weighted by molar-refractivity contribution is 7.86. The van der Waals surface area contributed by atoms with Crippen LogP contribution in [0.2, 0.25) is 0 Å². The summed E-state index contributed by atoms with van der Waals surface area (Å²) in [4.78, 5) is 12.6. The summed E-state index contributed by atoms with van der Waals surface area (Å²) in [5.41, 5.74) is 3.49. The van der Waals surface area contributed by atoms with E-state index in [0.717, 1.165) is 5.56 Å². The predicted octanol–water partition coefficient (Wildman–Crippen LogP) is 2.00. The molecule has 0 aliphatic carbocycles. The number of carbonyl (C=O) groups is 1. The number of hydrogen-bond donors (Lipinski definition) is 1. The Balaban J connectivity index is 1.94. The van der Waals surface area contributed by atoms with Gasteiger partial charge in [-0.25, -0.2) is 0 Å². The second kappa shape index (κ2) is 7.85. The van der Waals surface area contributed by atoms with Crippen molar-refractivity contribution < 1.29 is 13.2 Å². The van der Waals surface area contributed by atoms with Crippen LogP contribution in [-0.2, 0) is 15.0 Å². The van der Waals surface area contributed by atoms with Crippen LogP contribution in [0.1, 0.15) is 42.5 Å². The Morgan fingerprint density at radius 2 is 1.84 bits per heavy atom. The number of aryl methyl sites for hydroxylation is 2. The summed E-state index contributed by atoms with van der Waals surface area (Å²) < 4.78 is 26.9. The summed E-state index contributed by atoms with van der Waals surface area (Å²) >= 11 is 0.